The van der Waals surface area contributed by atoms with Crippen molar-refractivity contribution in [1.82, 2.24) is 0 Å². The van der Waals surface area contributed by atoms with Gasteiger partial charge in [-0.15, -0.1) is 0 Å². The third kappa shape index (κ3) is 59.0. The topological polar surface area (TPSA) is 78.9 Å². The molecule has 0 spiro atoms. The second-order valence-corrected chi connectivity index (χ2v) is 20.2. The van der Waals surface area contributed by atoms with Crippen molar-refractivity contribution in [3.63, 3.8) is 0 Å². The van der Waals surface area contributed by atoms with Gasteiger partial charge in [0.25, 0.3) is 0 Å². The molecule has 0 N–H and O–H groups in total. The van der Waals surface area contributed by atoms with E-state index in [4.69, 9.17) is 14.2 Å². The molecule has 1 atom stereocenters. The van der Waals surface area contributed by atoms with Gasteiger partial charge in [-0.1, -0.05) is 265 Å². The first-order valence-electron chi connectivity index (χ1n) is 30.9. The number of ether oxygens (including phenoxy) is 3. The predicted octanol–water partition coefficient (Wildman–Crippen LogP) is 21.0. The fourth-order valence-electron chi connectivity index (χ4n) is 8.39. The minimum Gasteiger partial charge on any atom is -0.462 e. The SMILES string of the molecule is CC/C=C\C/C=C\C/C=C\C/C=C\C/C=C\C/C=C\C/C=C\CCCCCCCCCCCC(=O)OCC(COC(=O)CCCCCCCCCC)OC(=O)CCCCCCCCC/C=C\C/C=C\CCCCC. The summed E-state index contributed by atoms with van der Waals surface area (Å²) >= 11 is 0. The summed E-state index contributed by atoms with van der Waals surface area (Å²) in [6.07, 6.45) is 83.9. The van der Waals surface area contributed by atoms with Crippen LogP contribution in [-0.2, 0) is 28.6 Å². The average molecular weight is 1030 g/mol. The second kappa shape index (κ2) is 61.6. The van der Waals surface area contributed by atoms with Crippen molar-refractivity contribution in [2.45, 2.75) is 290 Å². The highest BCUT2D eigenvalue weighted by molar-refractivity contribution is 5.71. The molecule has 0 aromatic carbocycles. The lowest BCUT2D eigenvalue weighted by atomic mass is 10.1. The highest BCUT2D eigenvalue weighted by Crippen LogP contribution is 2.15. The molecule has 74 heavy (non-hydrogen) atoms. The minimum atomic E-state index is -0.783. The molecule has 0 amide bonds. The molecule has 0 aromatic heterocycles. The molecule has 0 saturated heterocycles. The van der Waals surface area contributed by atoms with Crippen LogP contribution in [0, 0.1) is 0 Å². The molecule has 0 bridgehead atoms. The van der Waals surface area contributed by atoms with E-state index in [1.165, 1.54) is 122 Å². The number of hydrogen-bond acceptors (Lipinski definition) is 6. The van der Waals surface area contributed by atoms with Crippen LogP contribution in [0.3, 0.4) is 0 Å². The van der Waals surface area contributed by atoms with Crippen LogP contribution in [0.25, 0.3) is 0 Å². The van der Waals surface area contributed by atoms with Crippen molar-refractivity contribution in [3.05, 3.63) is 109 Å². The number of carbonyl (C=O) groups is 3. The molecule has 0 aliphatic carbocycles. The zero-order chi connectivity index (χ0) is 53.6. The van der Waals surface area contributed by atoms with Gasteiger partial charge < -0.3 is 14.2 Å². The number of rotatable bonds is 55. The third-order valence-corrected chi connectivity index (χ3v) is 13.0. The summed E-state index contributed by atoms with van der Waals surface area (Å²) in [5.74, 6) is -0.897. The van der Waals surface area contributed by atoms with E-state index in [9.17, 15) is 14.4 Å². The average Bonchev–Trinajstić information content (AvgIpc) is 3.40. The van der Waals surface area contributed by atoms with Crippen LogP contribution >= 0.6 is 0 Å². The zero-order valence-electron chi connectivity index (χ0n) is 48.3. The summed E-state index contributed by atoms with van der Waals surface area (Å²) < 4.78 is 16.8. The molecule has 0 heterocycles. The van der Waals surface area contributed by atoms with Gasteiger partial charge in [0, 0.05) is 19.3 Å². The summed E-state index contributed by atoms with van der Waals surface area (Å²) in [5, 5.41) is 0. The van der Waals surface area contributed by atoms with Crippen molar-refractivity contribution in [2.75, 3.05) is 13.2 Å². The summed E-state index contributed by atoms with van der Waals surface area (Å²) in [6, 6.07) is 0. The first kappa shape index (κ1) is 70.1. The van der Waals surface area contributed by atoms with Gasteiger partial charge in [0.1, 0.15) is 13.2 Å². The van der Waals surface area contributed by atoms with Crippen LogP contribution in [0.5, 0.6) is 0 Å². The highest BCUT2D eigenvalue weighted by Gasteiger charge is 2.19. The number of unbranched alkanes of at least 4 members (excludes halogenated alkanes) is 26. The van der Waals surface area contributed by atoms with Crippen LogP contribution in [0.2, 0.25) is 0 Å². The van der Waals surface area contributed by atoms with Crippen molar-refractivity contribution in [3.8, 4) is 0 Å². The lowest BCUT2D eigenvalue weighted by Crippen LogP contribution is -2.30. The molecule has 0 saturated carbocycles. The van der Waals surface area contributed by atoms with E-state index in [1.54, 1.807) is 0 Å². The van der Waals surface area contributed by atoms with E-state index in [-0.39, 0.29) is 31.1 Å². The molecule has 6 nitrogen and oxygen atoms in total. The number of carbonyl (C=O) groups excluding carboxylic acids is 3. The second-order valence-electron chi connectivity index (χ2n) is 20.2. The molecular formula is C68H114O6. The van der Waals surface area contributed by atoms with Crippen LogP contribution in [0.4, 0.5) is 0 Å². The van der Waals surface area contributed by atoms with Crippen molar-refractivity contribution in [2.24, 2.45) is 0 Å². The first-order valence-corrected chi connectivity index (χ1v) is 30.9. The predicted molar refractivity (Wildman–Crippen MR) is 320 cm³/mol. The monoisotopic (exact) mass is 1030 g/mol. The fraction of sp³-hybridized carbons (Fsp3) is 0.691. The van der Waals surface area contributed by atoms with Gasteiger partial charge >= 0.3 is 17.9 Å². The lowest BCUT2D eigenvalue weighted by molar-refractivity contribution is -0.167. The van der Waals surface area contributed by atoms with Gasteiger partial charge in [-0.3, -0.25) is 14.4 Å². The first-order chi connectivity index (χ1) is 36.5. The fourth-order valence-corrected chi connectivity index (χ4v) is 8.39. The standard InChI is InChI=1S/C68H114O6/c1-4-7-10-13-16-19-21-23-25-27-28-29-30-31-32-33-34-35-36-37-38-39-40-42-43-45-47-49-52-55-58-61-67(70)73-64-65(63-72-66(69)60-57-54-51-18-15-12-9-6-3)74-68(71)62-59-56-53-50-48-46-44-41-26-24-22-20-17-14-11-8-5-2/h7,10,16-17,19-20,23-26,28-29,31-32,34-35,37-38,65H,4-6,8-9,11-15,18,21-22,27,30,33,36,39-64H2,1-3H3/b10-7-,19-16-,20-17-,25-23-,26-24-,29-28-,32-31-,35-34-,38-37-. The molecule has 0 aliphatic heterocycles. The molecule has 6 heteroatoms. The Morgan fingerprint density at radius 3 is 0.851 bits per heavy atom. The van der Waals surface area contributed by atoms with Gasteiger partial charge in [-0.2, -0.15) is 0 Å². The Hall–Kier alpha value is -3.93. The lowest BCUT2D eigenvalue weighted by Gasteiger charge is -2.18. The van der Waals surface area contributed by atoms with E-state index in [0.29, 0.717) is 19.3 Å². The smallest absolute Gasteiger partial charge is 0.306 e. The highest BCUT2D eigenvalue weighted by atomic mass is 16.6. The Labute approximate surface area is 457 Å². The maximum Gasteiger partial charge on any atom is 0.306 e. The largest absolute Gasteiger partial charge is 0.462 e. The molecule has 1 unspecified atom stereocenters. The van der Waals surface area contributed by atoms with Gasteiger partial charge in [0.05, 0.1) is 0 Å². The summed E-state index contributed by atoms with van der Waals surface area (Å²) in [5.41, 5.74) is 0. The van der Waals surface area contributed by atoms with Gasteiger partial charge in [-0.05, 0) is 109 Å². The summed E-state index contributed by atoms with van der Waals surface area (Å²) in [6.45, 7) is 6.47. The van der Waals surface area contributed by atoms with E-state index in [1.807, 2.05) is 0 Å². The number of allylic oxidation sites excluding steroid dienone is 18. The Morgan fingerprint density at radius 1 is 0.284 bits per heavy atom. The van der Waals surface area contributed by atoms with E-state index in [2.05, 4.69) is 130 Å². The van der Waals surface area contributed by atoms with Crippen LogP contribution < -0.4 is 0 Å². The van der Waals surface area contributed by atoms with Gasteiger partial charge in [0.15, 0.2) is 6.10 Å². The maximum absolute atomic E-state index is 12.8. The Balaban J connectivity index is 4.19. The normalized spacial score (nSPS) is 12.9. The Bertz CT molecular complexity index is 1510. The van der Waals surface area contributed by atoms with Gasteiger partial charge in [-0.25, -0.2) is 0 Å². The van der Waals surface area contributed by atoms with Crippen molar-refractivity contribution < 1.29 is 28.6 Å². The Morgan fingerprint density at radius 2 is 0.527 bits per heavy atom. The number of esters is 3. The van der Waals surface area contributed by atoms with Crippen LogP contribution in [0.15, 0.2) is 109 Å². The van der Waals surface area contributed by atoms with E-state index >= 15 is 0 Å². The molecule has 0 radical (unpaired) electrons. The van der Waals surface area contributed by atoms with Crippen LogP contribution in [-0.4, -0.2) is 37.2 Å². The molecule has 0 rings (SSSR count). The molecule has 422 valence electrons. The molecule has 0 aromatic rings. The zero-order valence-corrected chi connectivity index (χ0v) is 48.3. The summed E-state index contributed by atoms with van der Waals surface area (Å²) in [4.78, 5) is 38.1. The minimum absolute atomic E-state index is 0.0818. The van der Waals surface area contributed by atoms with Crippen LogP contribution in [0.1, 0.15) is 284 Å². The molecule has 0 fully saturated rings. The quantitative estimate of drug-likeness (QED) is 0.0261. The summed E-state index contributed by atoms with van der Waals surface area (Å²) in [7, 11) is 0. The maximum atomic E-state index is 12.8. The molecular weight excluding hydrogens is 913 g/mol. The number of hydrogen-bond donors (Lipinski definition) is 0. The van der Waals surface area contributed by atoms with E-state index in [0.717, 1.165) is 122 Å². The van der Waals surface area contributed by atoms with Crippen molar-refractivity contribution in [1.29, 1.82) is 0 Å². The van der Waals surface area contributed by atoms with Crippen molar-refractivity contribution >= 4 is 17.9 Å². The van der Waals surface area contributed by atoms with Gasteiger partial charge in [0.2, 0.25) is 0 Å². The Kier molecular flexibility index (Phi) is 58.3. The molecule has 0 aliphatic rings. The third-order valence-electron chi connectivity index (χ3n) is 13.0. The van der Waals surface area contributed by atoms with E-state index < -0.39 is 6.10 Å².